The zero-order chi connectivity index (χ0) is 21.8. The van der Waals surface area contributed by atoms with Crippen LogP contribution in [0, 0.1) is 11.7 Å². The van der Waals surface area contributed by atoms with Crippen molar-refractivity contribution in [1.82, 2.24) is 4.90 Å². The quantitative estimate of drug-likeness (QED) is 0.621. The number of thiophene rings is 1. The molecule has 1 spiro atoms. The van der Waals surface area contributed by atoms with Gasteiger partial charge in [-0.05, 0) is 54.4 Å². The number of ether oxygens (including phenoxy) is 1. The summed E-state index contributed by atoms with van der Waals surface area (Å²) in [6, 6.07) is 15.3. The lowest BCUT2D eigenvalue weighted by atomic mass is 9.71. The van der Waals surface area contributed by atoms with Crippen LogP contribution in [0.3, 0.4) is 0 Å². The normalized spacial score (nSPS) is 24.9. The van der Waals surface area contributed by atoms with Crippen molar-refractivity contribution in [2.24, 2.45) is 5.92 Å². The number of methoxy groups -OCH3 is 1. The number of halogens is 1. The Morgan fingerprint density at radius 1 is 1.23 bits per heavy atom. The average Bonchev–Trinajstić information content (AvgIpc) is 3.47. The van der Waals surface area contributed by atoms with E-state index >= 15 is 0 Å². The van der Waals surface area contributed by atoms with Crippen LogP contribution in [0.4, 0.5) is 10.1 Å². The molecule has 0 radical (unpaired) electrons. The highest BCUT2D eigenvalue weighted by atomic mass is 32.1. The predicted molar refractivity (Wildman–Crippen MR) is 117 cm³/mol. The number of carbonyl (C=O) groups is 2. The molecule has 2 aliphatic heterocycles. The predicted octanol–water partition coefficient (Wildman–Crippen LogP) is 4.27. The van der Waals surface area contributed by atoms with Crippen molar-refractivity contribution in [3.8, 4) is 5.75 Å². The number of carbonyl (C=O) groups excluding carboxylic acids is 2. The second-order valence-corrected chi connectivity index (χ2v) is 8.94. The van der Waals surface area contributed by atoms with Crippen molar-refractivity contribution in [3.63, 3.8) is 0 Å². The summed E-state index contributed by atoms with van der Waals surface area (Å²) >= 11 is 1.37. The standard InChI is InChI=1S/C24H21FN2O3S/c1-27-13-17(14-5-7-15(25)8-6-14)21(22(28)20-4-3-11-31-20)24(27)18-12-16(30-2)9-10-19(18)26-23(24)29/h3-12,17,21H,13H2,1-2H3,(H,26,29)/t17-,21?,24-/m1/s1. The van der Waals surface area contributed by atoms with E-state index in [0.717, 1.165) is 11.1 Å². The van der Waals surface area contributed by atoms with E-state index in [1.54, 1.807) is 31.4 Å². The molecule has 2 aromatic carbocycles. The second-order valence-electron chi connectivity index (χ2n) is 7.99. The summed E-state index contributed by atoms with van der Waals surface area (Å²) in [5.74, 6) is -0.967. The number of likely N-dealkylation sites (N-methyl/N-ethyl adjacent to an activating group) is 1. The molecule has 31 heavy (non-hydrogen) atoms. The molecule has 1 N–H and O–H groups in total. The van der Waals surface area contributed by atoms with E-state index in [2.05, 4.69) is 5.32 Å². The first-order chi connectivity index (χ1) is 15.0. The van der Waals surface area contributed by atoms with Gasteiger partial charge >= 0.3 is 0 Å². The first-order valence-corrected chi connectivity index (χ1v) is 10.9. The largest absolute Gasteiger partial charge is 0.497 e. The molecule has 5 nitrogen and oxygen atoms in total. The minimum atomic E-state index is -1.18. The first kappa shape index (κ1) is 19.9. The summed E-state index contributed by atoms with van der Waals surface area (Å²) in [5.41, 5.74) is 1.08. The van der Waals surface area contributed by atoms with Gasteiger partial charge in [0.05, 0.1) is 17.9 Å². The number of amides is 1. The van der Waals surface area contributed by atoms with Gasteiger partial charge in [-0.15, -0.1) is 11.3 Å². The third kappa shape index (κ3) is 2.84. The molecular formula is C24H21FN2O3S. The van der Waals surface area contributed by atoms with E-state index in [9.17, 15) is 14.0 Å². The molecule has 1 amide bonds. The number of nitrogens with one attached hydrogen (secondary N) is 1. The molecule has 0 bridgehead atoms. The fourth-order valence-corrected chi connectivity index (χ4v) is 5.83. The van der Waals surface area contributed by atoms with Crippen LogP contribution in [-0.2, 0) is 10.3 Å². The Bertz CT molecular complexity index is 1160. The molecule has 1 unspecified atom stereocenters. The first-order valence-electron chi connectivity index (χ1n) is 10.0. The van der Waals surface area contributed by atoms with Crippen LogP contribution in [0.1, 0.15) is 26.7 Å². The molecule has 158 valence electrons. The fraction of sp³-hybridized carbons (Fsp3) is 0.250. The lowest BCUT2D eigenvalue weighted by Crippen LogP contribution is -2.51. The van der Waals surface area contributed by atoms with Gasteiger partial charge in [-0.2, -0.15) is 0 Å². The van der Waals surface area contributed by atoms with Crippen molar-refractivity contribution < 1.29 is 18.7 Å². The summed E-state index contributed by atoms with van der Waals surface area (Å²) in [4.78, 5) is 30.0. The SMILES string of the molecule is COc1ccc2c(c1)[C@]1(C(=O)N2)C(C(=O)c2cccs2)[C@@H](c2ccc(F)cc2)CN1C. The third-order valence-electron chi connectivity index (χ3n) is 6.50. The molecule has 1 fully saturated rings. The molecule has 0 aliphatic carbocycles. The van der Waals surface area contributed by atoms with Gasteiger partial charge in [0.15, 0.2) is 5.78 Å². The number of hydrogen-bond donors (Lipinski definition) is 1. The van der Waals surface area contributed by atoms with Crippen LogP contribution in [0.2, 0.25) is 0 Å². The van der Waals surface area contributed by atoms with E-state index in [0.29, 0.717) is 22.9 Å². The van der Waals surface area contributed by atoms with Crippen LogP contribution >= 0.6 is 11.3 Å². The van der Waals surface area contributed by atoms with Crippen molar-refractivity contribution in [2.45, 2.75) is 11.5 Å². The number of likely N-dealkylation sites (tertiary alicyclic amines) is 1. The third-order valence-corrected chi connectivity index (χ3v) is 7.39. The molecule has 1 aromatic heterocycles. The average molecular weight is 437 g/mol. The Morgan fingerprint density at radius 3 is 2.68 bits per heavy atom. The molecule has 3 aromatic rings. The van der Waals surface area contributed by atoms with Crippen LogP contribution in [0.15, 0.2) is 60.0 Å². The zero-order valence-electron chi connectivity index (χ0n) is 17.1. The Hall–Kier alpha value is -3.03. The summed E-state index contributed by atoms with van der Waals surface area (Å²) in [6.07, 6.45) is 0. The lowest BCUT2D eigenvalue weighted by Gasteiger charge is -2.35. The number of hydrogen-bond acceptors (Lipinski definition) is 5. The van der Waals surface area contributed by atoms with Crippen molar-refractivity contribution in [3.05, 3.63) is 81.8 Å². The van der Waals surface area contributed by atoms with E-state index in [4.69, 9.17) is 4.74 Å². The van der Waals surface area contributed by atoms with Gasteiger partial charge in [-0.3, -0.25) is 14.5 Å². The maximum absolute atomic E-state index is 13.9. The molecule has 5 rings (SSSR count). The number of ketones is 1. The van der Waals surface area contributed by atoms with Gasteiger partial charge in [0.1, 0.15) is 17.1 Å². The van der Waals surface area contributed by atoms with Gasteiger partial charge in [-0.1, -0.05) is 18.2 Å². The maximum Gasteiger partial charge on any atom is 0.250 e. The van der Waals surface area contributed by atoms with E-state index in [-0.39, 0.29) is 23.4 Å². The lowest BCUT2D eigenvalue weighted by molar-refractivity contribution is -0.126. The molecule has 3 atom stereocenters. The number of rotatable bonds is 4. The molecule has 1 saturated heterocycles. The summed E-state index contributed by atoms with van der Waals surface area (Å²) < 4.78 is 19.0. The zero-order valence-corrected chi connectivity index (χ0v) is 17.9. The van der Waals surface area contributed by atoms with Gasteiger partial charge in [0.2, 0.25) is 5.91 Å². The van der Waals surface area contributed by atoms with Crippen LogP contribution in [-0.4, -0.2) is 37.3 Å². The Morgan fingerprint density at radius 2 is 2.00 bits per heavy atom. The van der Waals surface area contributed by atoms with Crippen molar-refractivity contribution >= 4 is 28.7 Å². The van der Waals surface area contributed by atoms with Gasteiger partial charge in [-0.25, -0.2) is 4.39 Å². The smallest absolute Gasteiger partial charge is 0.250 e. The van der Waals surface area contributed by atoms with Gasteiger partial charge in [0.25, 0.3) is 0 Å². The maximum atomic E-state index is 13.9. The van der Waals surface area contributed by atoms with Crippen molar-refractivity contribution in [1.29, 1.82) is 0 Å². The minimum Gasteiger partial charge on any atom is -0.497 e. The highest BCUT2D eigenvalue weighted by molar-refractivity contribution is 7.12. The van der Waals surface area contributed by atoms with Crippen LogP contribution in [0.5, 0.6) is 5.75 Å². The molecule has 0 saturated carbocycles. The molecular weight excluding hydrogens is 415 g/mol. The number of anilines is 1. The number of fused-ring (bicyclic) bond motifs is 2. The minimum absolute atomic E-state index is 0.0838. The number of benzene rings is 2. The van der Waals surface area contributed by atoms with E-state index in [1.165, 1.54) is 23.5 Å². The summed E-state index contributed by atoms with van der Waals surface area (Å²) in [7, 11) is 3.44. The number of nitrogens with zero attached hydrogens (tertiary/aromatic N) is 1. The topological polar surface area (TPSA) is 58.6 Å². The van der Waals surface area contributed by atoms with E-state index < -0.39 is 11.5 Å². The van der Waals surface area contributed by atoms with Gasteiger partial charge in [0, 0.05) is 23.7 Å². The monoisotopic (exact) mass is 436 g/mol. The highest BCUT2D eigenvalue weighted by Crippen LogP contribution is 2.56. The van der Waals surface area contributed by atoms with E-state index in [1.807, 2.05) is 35.5 Å². The Balaban J connectivity index is 1.73. The Kier molecular flexibility index (Phi) is 4.68. The highest BCUT2D eigenvalue weighted by Gasteiger charge is 2.64. The fourth-order valence-electron chi connectivity index (χ4n) is 5.13. The summed E-state index contributed by atoms with van der Waals surface area (Å²) in [6.45, 7) is 0.484. The number of Topliss-reactive ketones (excluding diaryl/α,β-unsaturated/α-hetero) is 1. The molecule has 7 heteroatoms. The Labute approximate surface area is 183 Å². The summed E-state index contributed by atoms with van der Waals surface area (Å²) in [5, 5.41) is 4.84. The molecule has 3 heterocycles. The van der Waals surface area contributed by atoms with Gasteiger partial charge < -0.3 is 10.1 Å². The molecule has 2 aliphatic rings. The van der Waals surface area contributed by atoms with Crippen molar-refractivity contribution in [2.75, 3.05) is 26.0 Å². The second kappa shape index (κ2) is 7.28. The van der Waals surface area contributed by atoms with Crippen LogP contribution < -0.4 is 10.1 Å². The van der Waals surface area contributed by atoms with Crippen LogP contribution in [0.25, 0.3) is 0 Å².